The van der Waals surface area contributed by atoms with Crippen molar-refractivity contribution in [3.05, 3.63) is 17.6 Å². The maximum Gasteiger partial charge on any atom is 0.514 e. The van der Waals surface area contributed by atoms with Crippen molar-refractivity contribution in [1.82, 2.24) is 0 Å². The summed E-state index contributed by atoms with van der Waals surface area (Å²) in [6, 6.07) is 0. The van der Waals surface area contributed by atoms with Crippen molar-refractivity contribution in [2.75, 3.05) is 0 Å². The van der Waals surface area contributed by atoms with Gasteiger partial charge in [0.25, 0.3) is 0 Å². The van der Waals surface area contributed by atoms with Crippen LogP contribution in [-0.2, 0) is 4.79 Å². The predicted molar refractivity (Wildman–Crippen MR) is 20.6 cm³/mol. The molecule has 4 heteroatoms. The van der Waals surface area contributed by atoms with E-state index in [4.69, 9.17) is 5.21 Å². The second-order valence-electron chi connectivity index (χ2n) is 0.815. The SMILES string of the molecule is C=CC(=O)[N+](=O)O. The topological polar surface area (TPSA) is 57.4 Å². The molecule has 4 nitrogen and oxygen atoms in total. The fraction of sp³-hybridized carbons (Fsp3) is 0. The minimum Gasteiger partial charge on any atom is -0.238 e. The Bertz CT molecular complexity index is 117. The molecule has 1 N–H and O–H groups in total. The highest BCUT2D eigenvalue weighted by Gasteiger charge is 2.13. The highest BCUT2D eigenvalue weighted by Crippen LogP contribution is 1.68. The van der Waals surface area contributed by atoms with Gasteiger partial charge in [-0.15, -0.1) is 0 Å². The van der Waals surface area contributed by atoms with Crippen LogP contribution in [0.15, 0.2) is 12.7 Å². The first-order valence-electron chi connectivity index (χ1n) is 1.51. The van der Waals surface area contributed by atoms with Crippen molar-refractivity contribution in [3.8, 4) is 0 Å². The van der Waals surface area contributed by atoms with Crippen molar-refractivity contribution >= 4 is 5.91 Å². The molecule has 0 aromatic rings. The Morgan fingerprint density at radius 1 is 1.86 bits per heavy atom. The summed E-state index contributed by atoms with van der Waals surface area (Å²) < 4.78 is 0. The van der Waals surface area contributed by atoms with Gasteiger partial charge in [0.2, 0.25) is 0 Å². The van der Waals surface area contributed by atoms with Gasteiger partial charge < -0.3 is 0 Å². The number of carbonyl (C=O) groups excluding carboxylic acids is 1. The lowest BCUT2D eigenvalue weighted by Crippen LogP contribution is -2.08. The monoisotopic (exact) mass is 102 g/mol. The van der Waals surface area contributed by atoms with Gasteiger partial charge in [-0.3, -0.25) is 0 Å². The van der Waals surface area contributed by atoms with Crippen LogP contribution >= 0.6 is 0 Å². The van der Waals surface area contributed by atoms with Crippen molar-refractivity contribution in [2.45, 2.75) is 0 Å². The van der Waals surface area contributed by atoms with Crippen LogP contribution in [0.2, 0.25) is 0 Å². The normalized spacial score (nSPS) is 7.43. The summed E-state index contributed by atoms with van der Waals surface area (Å²) in [7, 11) is 0. The van der Waals surface area contributed by atoms with E-state index in [0.29, 0.717) is 6.08 Å². The van der Waals surface area contributed by atoms with Gasteiger partial charge >= 0.3 is 10.8 Å². The standard InChI is InChI=1S/C3H4NO3/c1-2-3(5)4(6)7/h2H,1H2,(H,6,7)/q+1. The van der Waals surface area contributed by atoms with Gasteiger partial charge in [-0.25, -0.2) is 10.0 Å². The molecule has 0 fully saturated rings. The van der Waals surface area contributed by atoms with Crippen molar-refractivity contribution < 1.29 is 14.9 Å². The molecule has 0 spiro atoms. The van der Waals surface area contributed by atoms with E-state index in [9.17, 15) is 9.70 Å². The molecular formula is C3H4NO3+. The van der Waals surface area contributed by atoms with Gasteiger partial charge in [-0.2, -0.15) is 0 Å². The Balaban J connectivity index is 3.81. The van der Waals surface area contributed by atoms with Crippen molar-refractivity contribution in [2.24, 2.45) is 0 Å². The zero-order valence-electron chi connectivity index (χ0n) is 3.50. The van der Waals surface area contributed by atoms with E-state index in [0.717, 1.165) is 0 Å². The second kappa shape index (κ2) is 2.07. The van der Waals surface area contributed by atoms with E-state index >= 15 is 0 Å². The average Bonchev–Trinajstić information content (AvgIpc) is 1.65. The summed E-state index contributed by atoms with van der Waals surface area (Å²) in [6.45, 7) is 2.93. The second-order valence-corrected chi connectivity index (χ2v) is 0.815. The van der Waals surface area contributed by atoms with Gasteiger partial charge in [-0.05, 0) is 0 Å². The molecule has 0 heterocycles. The van der Waals surface area contributed by atoms with E-state index in [1.807, 2.05) is 0 Å². The summed E-state index contributed by atoms with van der Waals surface area (Å²) >= 11 is 0. The number of nitrogens with zero attached hydrogens (tertiary/aromatic N) is 1. The lowest BCUT2D eigenvalue weighted by Gasteiger charge is -1.64. The average molecular weight is 102 g/mol. The highest BCUT2D eigenvalue weighted by molar-refractivity contribution is 5.78. The zero-order chi connectivity index (χ0) is 5.86. The molecule has 0 aromatic carbocycles. The third-order valence-corrected chi connectivity index (χ3v) is 0.363. The largest absolute Gasteiger partial charge is 0.514 e. The van der Waals surface area contributed by atoms with Gasteiger partial charge in [-0.1, -0.05) is 6.58 Å². The lowest BCUT2D eigenvalue weighted by atomic mass is 10.6. The fourth-order valence-corrected chi connectivity index (χ4v) is 0.0781. The number of rotatable bonds is 1. The Labute approximate surface area is 39.6 Å². The molecule has 0 atom stereocenters. The Morgan fingerprint density at radius 2 is 2.29 bits per heavy atom. The van der Waals surface area contributed by atoms with Crippen LogP contribution in [0.1, 0.15) is 0 Å². The highest BCUT2D eigenvalue weighted by atomic mass is 16.6. The number of hydrogen-bond donors (Lipinski definition) is 1. The number of hydrogen-bond acceptors (Lipinski definition) is 2. The number of amides is 1. The first-order chi connectivity index (χ1) is 3.18. The van der Waals surface area contributed by atoms with E-state index in [2.05, 4.69) is 6.58 Å². The number of carbonyl (C=O) groups is 1. The van der Waals surface area contributed by atoms with Crippen LogP contribution in [-0.4, -0.2) is 16.0 Å². The van der Waals surface area contributed by atoms with Crippen LogP contribution in [0.4, 0.5) is 0 Å². The summed E-state index contributed by atoms with van der Waals surface area (Å²) in [5.74, 6) is -1.06. The lowest BCUT2D eigenvalue weighted by molar-refractivity contribution is -0.719. The first kappa shape index (κ1) is 5.81. The van der Waals surface area contributed by atoms with E-state index < -0.39 is 10.8 Å². The molecule has 0 aliphatic rings. The van der Waals surface area contributed by atoms with Gasteiger partial charge in [0, 0.05) is 0 Å². The van der Waals surface area contributed by atoms with Crippen LogP contribution < -0.4 is 0 Å². The first-order valence-corrected chi connectivity index (χ1v) is 1.51. The minimum absolute atomic E-state index is 0.715. The Hall–Kier alpha value is -1.19. The fourth-order valence-electron chi connectivity index (χ4n) is 0.0781. The molecule has 0 unspecified atom stereocenters. The molecule has 38 valence electrons. The van der Waals surface area contributed by atoms with Gasteiger partial charge in [0.15, 0.2) is 0 Å². The molecular weight excluding hydrogens is 98.0 g/mol. The maximum atomic E-state index is 9.76. The molecule has 0 rings (SSSR count). The van der Waals surface area contributed by atoms with E-state index in [1.165, 1.54) is 0 Å². The van der Waals surface area contributed by atoms with Crippen LogP contribution in [0.3, 0.4) is 0 Å². The van der Waals surface area contributed by atoms with Crippen LogP contribution in [0.25, 0.3) is 0 Å². The molecule has 1 amide bonds. The molecule has 0 bridgehead atoms. The molecule has 0 radical (unpaired) electrons. The molecule has 7 heavy (non-hydrogen) atoms. The molecule has 0 aromatic heterocycles. The Morgan fingerprint density at radius 3 is 2.29 bits per heavy atom. The summed E-state index contributed by atoms with van der Waals surface area (Å²) in [5.41, 5.74) is 0. The molecule has 0 saturated heterocycles. The maximum absolute atomic E-state index is 9.76. The van der Waals surface area contributed by atoms with Crippen molar-refractivity contribution in [3.63, 3.8) is 0 Å². The van der Waals surface area contributed by atoms with E-state index in [1.54, 1.807) is 0 Å². The summed E-state index contributed by atoms with van der Waals surface area (Å²) in [6.07, 6.45) is 0.715. The van der Waals surface area contributed by atoms with Gasteiger partial charge in [0.05, 0.1) is 11.0 Å². The molecule has 0 aliphatic heterocycles. The summed E-state index contributed by atoms with van der Waals surface area (Å²) in [4.78, 5) is 18.4. The summed E-state index contributed by atoms with van der Waals surface area (Å²) in [5, 5.41) is 7.68. The smallest absolute Gasteiger partial charge is 0.238 e. The third-order valence-electron chi connectivity index (χ3n) is 0.363. The third kappa shape index (κ3) is 1.64. The predicted octanol–water partition coefficient (Wildman–Crippen LogP) is -0.133. The minimum atomic E-state index is -1.06. The zero-order valence-corrected chi connectivity index (χ0v) is 3.50. The quantitative estimate of drug-likeness (QED) is 0.285. The molecule has 0 aliphatic carbocycles. The molecule has 0 saturated carbocycles. The van der Waals surface area contributed by atoms with E-state index in [-0.39, 0.29) is 0 Å². The Kier molecular flexibility index (Phi) is 1.72. The van der Waals surface area contributed by atoms with Crippen LogP contribution in [0, 0.1) is 4.91 Å². The van der Waals surface area contributed by atoms with Gasteiger partial charge in [0.1, 0.15) is 0 Å². The van der Waals surface area contributed by atoms with Crippen molar-refractivity contribution in [1.29, 1.82) is 0 Å². The van der Waals surface area contributed by atoms with Crippen LogP contribution in [0.5, 0.6) is 0 Å².